The van der Waals surface area contributed by atoms with Crippen LogP contribution in [0.4, 0.5) is 0 Å². The smallest absolute Gasteiger partial charge is 0.213 e. The van der Waals surface area contributed by atoms with E-state index in [0.29, 0.717) is 26.4 Å². The number of nitrogens with zero attached hydrogens (tertiary/aromatic N) is 2. The molecule has 2 aromatic carbocycles. The molecule has 0 radical (unpaired) electrons. The average molecular weight is 497 g/mol. The van der Waals surface area contributed by atoms with Crippen LogP contribution in [-0.2, 0) is 9.47 Å². The summed E-state index contributed by atoms with van der Waals surface area (Å²) in [6, 6.07) is 15.1. The molecule has 2 N–H and O–H groups in total. The number of hydrogen-bond acceptors (Lipinski definition) is 8. The summed E-state index contributed by atoms with van der Waals surface area (Å²) in [6.07, 6.45) is 1.99. The maximum atomic E-state index is 7.82. The zero-order chi connectivity index (χ0) is 25.6. The molecule has 2 aromatic rings. The number of nitrogens with one attached hydrogen (secondary N) is 2. The number of hydrogen-bond donors (Lipinski definition) is 2. The molecule has 0 spiro atoms. The Morgan fingerprint density at radius 3 is 1.33 bits per heavy atom. The van der Waals surface area contributed by atoms with Gasteiger partial charge in [0.05, 0.1) is 26.4 Å². The van der Waals surface area contributed by atoms with Gasteiger partial charge in [-0.25, -0.2) is 0 Å². The van der Waals surface area contributed by atoms with E-state index in [-0.39, 0.29) is 11.8 Å². The monoisotopic (exact) mass is 496 g/mol. The molecule has 1 aliphatic rings. The summed E-state index contributed by atoms with van der Waals surface area (Å²) in [5, 5.41) is 15.6. The van der Waals surface area contributed by atoms with Crippen molar-refractivity contribution in [1.82, 2.24) is 9.80 Å². The molecule has 36 heavy (non-hydrogen) atoms. The lowest BCUT2D eigenvalue weighted by molar-refractivity contribution is 0.120. The molecule has 0 aliphatic carbocycles. The van der Waals surface area contributed by atoms with Gasteiger partial charge in [0.2, 0.25) is 11.8 Å². The van der Waals surface area contributed by atoms with Crippen molar-refractivity contribution in [1.29, 1.82) is 10.8 Å². The predicted molar refractivity (Wildman–Crippen MR) is 143 cm³/mol. The van der Waals surface area contributed by atoms with Crippen LogP contribution in [0, 0.1) is 10.8 Å². The SMILES string of the molecule is CCOC(=N)c1ccc(OCCCN2CCN(CCCOc3ccc(C(=N)OCC)cc3)CC2)cc1. The van der Waals surface area contributed by atoms with Crippen LogP contribution in [0.3, 0.4) is 0 Å². The van der Waals surface area contributed by atoms with Crippen molar-refractivity contribution >= 4 is 11.8 Å². The second kappa shape index (κ2) is 15.1. The summed E-state index contributed by atoms with van der Waals surface area (Å²) >= 11 is 0. The maximum Gasteiger partial charge on any atom is 0.213 e. The van der Waals surface area contributed by atoms with E-state index in [0.717, 1.165) is 74.7 Å². The summed E-state index contributed by atoms with van der Waals surface area (Å²) in [7, 11) is 0. The largest absolute Gasteiger partial charge is 0.494 e. The molecule has 0 aromatic heterocycles. The Kier molecular flexibility index (Phi) is 11.5. The second-order valence-corrected chi connectivity index (χ2v) is 8.66. The van der Waals surface area contributed by atoms with E-state index in [4.69, 9.17) is 29.8 Å². The molecule has 8 heteroatoms. The van der Waals surface area contributed by atoms with Gasteiger partial charge < -0.3 is 28.7 Å². The average Bonchev–Trinajstić information content (AvgIpc) is 2.91. The molecule has 0 amide bonds. The molecule has 1 heterocycles. The molecular weight excluding hydrogens is 456 g/mol. The summed E-state index contributed by atoms with van der Waals surface area (Å²) < 4.78 is 22.2. The molecule has 8 nitrogen and oxygen atoms in total. The van der Waals surface area contributed by atoms with Gasteiger partial charge in [-0.05, 0) is 75.2 Å². The van der Waals surface area contributed by atoms with Crippen molar-refractivity contribution in [2.24, 2.45) is 0 Å². The van der Waals surface area contributed by atoms with Crippen LogP contribution in [-0.4, -0.2) is 87.3 Å². The third kappa shape index (κ3) is 9.17. The van der Waals surface area contributed by atoms with E-state index >= 15 is 0 Å². The minimum Gasteiger partial charge on any atom is -0.494 e. The molecule has 1 fully saturated rings. The molecule has 1 aliphatic heterocycles. The molecule has 0 unspecified atom stereocenters. The standard InChI is InChI=1S/C28H40N4O4/c1-3-33-27(29)23-7-11-25(12-8-23)35-21-5-15-31-17-19-32(20-18-31)16-6-22-36-26-13-9-24(10-14-26)28(30)34-4-2/h7-14,29-30H,3-6,15-22H2,1-2H3. The Labute approximate surface area is 215 Å². The van der Waals surface area contributed by atoms with Crippen molar-refractivity contribution in [3.8, 4) is 11.5 Å². The third-order valence-corrected chi connectivity index (χ3v) is 6.05. The fraction of sp³-hybridized carbons (Fsp3) is 0.500. The molecule has 3 rings (SSSR count). The highest BCUT2D eigenvalue weighted by atomic mass is 16.5. The van der Waals surface area contributed by atoms with Gasteiger partial charge >= 0.3 is 0 Å². The molecule has 196 valence electrons. The maximum absolute atomic E-state index is 7.82. The molecular formula is C28H40N4O4. The highest BCUT2D eigenvalue weighted by Gasteiger charge is 2.16. The predicted octanol–water partition coefficient (Wildman–Crippen LogP) is 4.27. The Morgan fingerprint density at radius 2 is 1.00 bits per heavy atom. The zero-order valence-electron chi connectivity index (χ0n) is 21.6. The van der Waals surface area contributed by atoms with Crippen LogP contribution < -0.4 is 9.47 Å². The normalized spacial score (nSPS) is 14.3. The number of piperazine rings is 1. The van der Waals surface area contributed by atoms with Gasteiger partial charge in [-0.15, -0.1) is 0 Å². The van der Waals surface area contributed by atoms with Gasteiger partial charge in [0.15, 0.2) is 0 Å². The number of ether oxygens (including phenoxy) is 4. The van der Waals surface area contributed by atoms with Gasteiger partial charge in [0.1, 0.15) is 11.5 Å². The van der Waals surface area contributed by atoms with E-state index in [2.05, 4.69) is 9.80 Å². The second-order valence-electron chi connectivity index (χ2n) is 8.66. The fourth-order valence-corrected chi connectivity index (χ4v) is 4.05. The highest BCUT2D eigenvalue weighted by molar-refractivity contribution is 5.92. The first-order valence-electron chi connectivity index (χ1n) is 12.9. The van der Waals surface area contributed by atoms with Crippen molar-refractivity contribution in [2.45, 2.75) is 26.7 Å². The van der Waals surface area contributed by atoms with E-state index in [1.807, 2.05) is 62.4 Å². The molecule has 0 atom stereocenters. The van der Waals surface area contributed by atoms with Gasteiger partial charge in [-0.2, -0.15) is 0 Å². The first kappa shape index (κ1) is 27.5. The first-order valence-corrected chi connectivity index (χ1v) is 12.9. The third-order valence-electron chi connectivity index (χ3n) is 6.05. The van der Waals surface area contributed by atoms with Gasteiger partial charge in [-0.3, -0.25) is 10.8 Å². The van der Waals surface area contributed by atoms with Crippen LogP contribution in [0.1, 0.15) is 37.8 Å². The Balaban J connectivity index is 1.23. The Hall–Kier alpha value is -3.10. The molecule has 0 bridgehead atoms. The number of benzene rings is 2. The quantitative estimate of drug-likeness (QED) is 0.231. The summed E-state index contributed by atoms with van der Waals surface area (Å²) in [6.45, 7) is 12.6. The lowest BCUT2D eigenvalue weighted by Crippen LogP contribution is -2.47. The summed E-state index contributed by atoms with van der Waals surface area (Å²) in [5.74, 6) is 2.05. The fourth-order valence-electron chi connectivity index (χ4n) is 4.05. The van der Waals surface area contributed by atoms with E-state index in [9.17, 15) is 0 Å². The Bertz CT molecular complexity index is 848. The topological polar surface area (TPSA) is 91.1 Å². The van der Waals surface area contributed by atoms with Crippen LogP contribution in [0.25, 0.3) is 0 Å². The van der Waals surface area contributed by atoms with Gasteiger partial charge in [0.25, 0.3) is 0 Å². The molecule has 1 saturated heterocycles. The van der Waals surface area contributed by atoms with E-state index in [1.165, 1.54) is 0 Å². The molecule has 0 saturated carbocycles. The van der Waals surface area contributed by atoms with Gasteiger partial charge in [-0.1, -0.05) is 0 Å². The minimum absolute atomic E-state index is 0.196. The van der Waals surface area contributed by atoms with Crippen molar-refractivity contribution in [3.63, 3.8) is 0 Å². The number of rotatable bonds is 14. The van der Waals surface area contributed by atoms with Crippen LogP contribution in [0.5, 0.6) is 11.5 Å². The Morgan fingerprint density at radius 1 is 0.639 bits per heavy atom. The van der Waals surface area contributed by atoms with Crippen molar-refractivity contribution < 1.29 is 18.9 Å². The lowest BCUT2D eigenvalue weighted by atomic mass is 10.2. The first-order chi connectivity index (χ1) is 17.6. The van der Waals surface area contributed by atoms with E-state index in [1.54, 1.807) is 0 Å². The van der Waals surface area contributed by atoms with Gasteiger partial charge in [0, 0.05) is 50.4 Å². The zero-order valence-corrected chi connectivity index (χ0v) is 21.6. The van der Waals surface area contributed by atoms with Crippen molar-refractivity contribution in [2.75, 3.05) is 65.7 Å². The van der Waals surface area contributed by atoms with Crippen LogP contribution in [0.2, 0.25) is 0 Å². The van der Waals surface area contributed by atoms with Crippen LogP contribution >= 0.6 is 0 Å². The summed E-state index contributed by atoms with van der Waals surface area (Å²) in [4.78, 5) is 5.01. The summed E-state index contributed by atoms with van der Waals surface area (Å²) in [5.41, 5.74) is 1.53. The minimum atomic E-state index is 0.196. The van der Waals surface area contributed by atoms with Crippen molar-refractivity contribution in [3.05, 3.63) is 59.7 Å². The highest BCUT2D eigenvalue weighted by Crippen LogP contribution is 2.15. The lowest BCUT2D eigenvalue weighted by Gasteiger charge is -2.34. The van der Waals surface area contributed by atoms with Crippen LogP contribution in [0.15, 0.2) is 48.5 Å². The van der Waals surface area contributed by atoms with E-state index < -0.39 is 0 Å².